The predicted octanol–water partition coefficient (Wildman–Crippen LogP) is 2.64. The van der Waals surface area contributed by atoms with E-state index in [9.17, 15) is 4.21 Å². The molecule has 3 aromatic rings. The number of benzene rings is 1. The smallest absolute Gasteiger partial charge is 0.169 e. The third kappa shape index (κ3) is 2.73. The number of aromatic nitrogens is 2. The van der Waals surface area contributed by atoms with Crippen molar-refractivity contribution in [3.8, 4) is 6.07 Å². The molecule has 0 aliphatic heterocycles. The molecule has 1 unspecified atom stereocenters. The molecule has 0 spiro atoms. The van der Waals surface area contributed by atoms with Gasteiger partial charge in [0.25, 0.3) is 0 Å². The van der Waals surface area contributed by atoms with Gasteiger partial charge in [-0.3, -0.25) is 9.71 Å². The molecule has 0 saturated heterocycles. The molecule has 0 aliphatic rings. The van der Waals surface area contributed by atoms with Crippen LogP contribution in [0.2, 0.25) is 0 Å². The highest BCUT2D eigenvalue weighted by molar-refractivity contribution is 7.86. The molecule has 0 saturated carbocycles. The third-order valence-electron chi connectivity index (χ3n) is 2.86. The number of para-hydroxylation sites is 1. The van der Waals surface area contributed by atoms with Crippen LogP contribution in [0.1, 0.15) is 5.69 Å². The molecule has 2 heterocycles. The minimum absolute atomic E-state index is 0.235. The van der Waals surface area contributed by atoms with E-state index in [2.05, 4.69) is 14.7 Å². The highest BCUT2D eigenvalue weighted by Crippen LogP contribution is 2.22. The zero-order chi connectivity index (χ0) is 14.7. The minimum atomic E-state index is -1.55. The molecule has 5 nitrogen and oxygen atoms in total. The van der Waals surface area contributed by atoms with Gasteiger partial charge < -0.3 is 0 Å². The number of hydrogen-bond donors (Lipinski definition) is 1. The third-order valence-corrected chi connectivity index (χ3v) is 3.88. The molecule has 0 radical (unpaired) electrons. The van der Waals surface area contributed by atoms with Crippen LogP contribution in [0.25, 0.3) is 10.9 Å². The summed E-state index contributed by atoms with van der Waals surface area (Å²) in [6, 6.07) is 16.2. The number of fused-ring (bicyclic) bond motifs is 1. The Bertz CT molecular complexity index is 867. The Kier molecular flexibility index (Phi) is 3.58. The van der Waals surface area contributed by atoms with E-state index in [1.165, 1.54) is 0 Å². The molecule has 1 atom stereocenters. The summed E-state index contributed by atoms with van der Waals surface area (Å²) in [5, 5.41) is 10.1. The van der Waals surface area contributed by atoms with Gasteiger partial charge in [0.2, 0.25) is 0 Å². The van der Waals surface area contributed by atoms with E-state index in [0.717, 1.165) is 10.9 Å². The van der Waals surface area contributed by atoms with Crippen molar-refractivity contribution in [1.29, 1.82) is 5.26 Å². The van der Waals surface area contributed by atoms with Crippen molar-refractivity contribution < 1.29 is 4.21 Å². The lowest BCUT2D eigenvalue weighted by Gasteiger charge is -2.08. The normalized spacial score (nSPS) is 11.8. The van der Waals surface area contributed by atoms with Crippen molar-refractivity contribution in [3.05, 3.63) is 60.4 Å². The van der Waals surface area contributed by atoms with Crippen LogP contribution >= 0.6 is 0 Å². The van der Waals surface area contributed by atoms with E-state index in [-0.39, 0.29) is 5.69 Å². The average molecular weight is 294 g/mol. The average Bonchev–Trinajstić information content (AvgIpc) is 2.55. The number of pyridine rings is 2. The Balaban J connectivity index is 1.95. The fraction of sp³-hybridized carbons (Fsp3) is 0. The summed E-state index contributed by atoms with van der Waals surface area (Å²) in [6.45, 7) is 0. The lowest BCUT2D eigenvalue weighted by Crippen LogP contribution is -2.07. The Labute approximate surface area is 123 Å². The Morgan fingerprint density at radius 3 is 2.76 bits per heavy atom. The highest BCUT2D eigenvalue weighted by Gasteiger charge is 2.09. The molecule has 2 aromatic heterocycles. The molecule has 0 aliphatic carbocycles. The highest BCUT2D eigenvalue weighted by atomic mass is 32.2. The first kappa shape index (κ1) is 13.2. The summed E-state index contributed by atoms with van der Waals surface area (Å²) < 4.78 is 15.2. The molecule has 0 bridgehead atoms. The maximum atomic E-state index is 12.3. The molecular weight excluding hydrogens is 284 g/mol. The molecule has 3 rings (SSSR count). The molecule has 1 N–H and O–H groups in total. The quantitative estimate of drug-likeness (QED) is 0.805. The van der Waals surface area contributed by atoms with Gasteiger partial charge >= 0.3 is 0 Å². The molecule has 0 amide bonds. The molecule has 21 heavy (non-hydrogen) atoms. The topological polar surface area (TPSA) is 78.7 Å². The van der Waals surface area contributed by atoms with Gasteiger partial charge in [-0.05, 0) is 24.3 Å². The fourth-order valence-electron chi connectivity index (χ4n) is 1.92. The second-order valence-electron chi connectivity index (χ2n) is 4.22. The molecule has 1 aromatic carbocycles. The van der Waals surface area contributed by atoms with Crippen molar-refractivity contribution in [2.45, 2.75) is 5.03 Å². The van der Waals surface area contributed by atoms with E-state index in [4.69, 9.17) is 5.26 Å². The first-order valence-electron chi connectivity index (χ1n) is 6.17. The number of rotatable bonds is 3. The van der Waals surface area contributed by atoms with E-state index >= 15 is 0 Å². The van der Waals surface area contributed by atoms with Gasteiger partial charge in [-0.15, -0.1) is 0 Å². The number of hydrogen-bond acceptors (Lipinski definition) is 4. The molecule has 102 valence electrons. The standard InChI is InChI=1S/C15H10N4OS/c16-10-12-6-2-8-14(18-12)21(20)19-13-7-1-4-11-5-3-9-17-15(11)13/h1-9,19H. The van der Waals surface area contributed by atoms with Gasteiger partial charge in [0.15, 0.2) is 11.0 Å². The SMILES string of the molecule is N#Cc1cccc(S(=O)Nc2cccc3cccnc23)n1. The van der Waals surface area contributed by atoms with Crippen LogP contribution in [0.15, 0.2) is 59.8 Å². The summed E-state index contributed by atoms with van der Waals surface area (Å²) in [6.07, 6.45) is 1.69. The molecule has 6 heteroatoms. The van der Waals surface area contributed by atoms with Crippen LogP contribution in [0.3, 0.4) is 0 Å². The van der Waals surface area contributed by atoms with Gasteiger partial charge in [-0.1, -0.05) is 24.3 Å². The Morgan fingerprint density at radius 2 is 1.90 bits per heavy atom. The lowest BCUT2D eigenvalue weighted by molar-refractivity contribution is 0.683. The van der Waals surface area contributed by atoms with E-state index in [1.807, 2.05) is 30.3 Å². The zero-order valence-electron chi connectivity index (χ0n) is 10.9. The van der Waals surface area contributed by atoms with Crippen LogP contribution in [-0.4, -0.2) is 14.2 Å². The summed E-state index contributed by atoms with van der Waals surface area (Å²) in [5.41, 5.74) is 1.64. The monoisotopic (exact) mass is 294 g/mol. The van der Waals surface area contributed by atoms with E-state index in [0.29, 0.717) is 10.7 Å². The molecule has 0 fully saturated rings. The van der Waals surface area contributed by atoms with Crippen LogP contribution in [0.5, 0.6) is 0 Å². The second-order valence-corrected chi connectivity index (χ2v) is 5.38. The maximum Gasteiger partial charge on any atom is 0.169 e. The van der Waals surface area contributed by atoms with Gasteiger partial charge in [0.1, 0.15) is 16.8 Å². The Hall–Kier alpha value is -2.78. The van der Waals surface area contributed by atoms with E-state index < -0.39 is 11.0 Å². The van der Waals surface area contributed by atoms with Crippen molar-refractivity contribution >= 4 is 27.6 Å². The second kappa shape index (κ2) is 5.69. The zero-order valence-corrected chi connectivity index (χ0v) is 11.7. The number of nitrogens with one attached hydrogen (secondary N) is 1. The summed E-state index contributed by atoms with van der Waals surface area (Å²) >= 11 is 0. The van der Waals surface area contributed by atoms with Crippen LogP contribution in [0, 0.1) is 11.3 Å². The summed E-state index contributed by atoms with van der Waals surface area (Å²) in [5.74, 6) is 0. The van der Waals surface area contributed by atoms with Gasteiger partial charge in [0.05, 0.1) is 11.2 Å². The van der Waals surface area contributed by atoms with Gasteiger partial charge in [-0.2, -0.15) is 5.26 Å². The first-order valence-corrected chi connectivity index (χ1v) is 7.32. The summed E-state index contributed by atoms with van der Waals surface area (Å²) in [4.78, 5) is 8.32. The predicted molar refractivity (Wildman–Crippen MR) is 80.7 cm³/mol. The first-order chi connectivity index (χ1) is 10.3. The Morgan fingerprint density at radius 1 is 1.10 bits per heavy atom. The van der Waals surface area contributed by atoms with Crippen molar-refractivity contribution in [2.24, 2.45) is 0 Å². The number of nitriles is 1. The maximum absolute atomic E-state index is 12.3. The number of nitrogens with zero attached hydrogens (tertiary/aromatic N) is 3. The van der Waals surface area contributed by atoms with Crippen LogP contribution < -0.4 is 4.72 Å². The molecular formula is C15H10N4OS. The van der Waals surface area contributed by atoms with E-state index in [1.54, 1.807) is 30.5 Å². The van der Waals surface area contributed by atoms with Crippen molar-refractivity contribution in [3.63, 3.8) is 0 Å². The van der Waals surface area contributed by atoms with Crippen LogP contribution in [-0.2, 0) is 11.0 Å². The van der Waals surface area contributed by atoms with Crippen molar-refractivity contribution in [2.75, 3.05) is 4.72 Å². The number of anilines is 1. The summed E-state index contributed by atoms with van der Waals surface area (Å²) in [7, 11) is -1.55. The fourth-order valence-corrected chi connectivity index (χ4v) is 2.77. The minimum Gasteiger partial charge on any atom is -0.298 e. The van der Waals surface area contributed by atoms with Crippen molar-refractivity contribution in [1.82, 2.24) is 9.97 Å². The van der Waals surface area contributed by atoms with Gasteiger partial charge in [0, 0.05) is 11.6 Å². The van der Waals surface area contributed by atoms with Gasteiger partial charge in [-0.25, -0.2) is 9.19 Å². The largest absolute Gasteiger partial charge is 0.298 e. The lowest BCUT2D eigenvalue weighted by atomic mass is 10.2. The van der Waals surface area contributed by atoms with Crippen LogP contribution in [0.4, 0.5) is 5.69 Å².